The number of benzene rings is 1. The van der Waals surface area contributed by atoms with Crippen LogP contribution in [-0.2, 0) is 9.53 Å². The lowest BCUT2D eigenvalue weighted by Crippen LogP contribution is -2.39. The number of hydrogen-bond donors (Lipinski definition) is 1. The molecule has 1 atom stereocenters. The van der Waals surface area contributed by atoms with E-state index in [1.54, 1.807) is 25.3 Å². The van der Waals surface area contributed by atoms with Crippen molar-refractivity contribution < 1.29 is 23.8 Å². The highest BCUT2D eigenvalue weighted by atomic mass is 19.1. The number of hydrogen-bond acceptors (Lipinski definition) is 5. The van der Waals surface area contributed by atoms with E-state index in [0.717, 1.165) is 31.6 Å². The summed E-state index contributed by atoms with van der Waals surface area (Å²) >= 11 is 0. The Labute approximate surface area is 195 Å². The molecule has 1 saturated heterocycles. The molecule has 0 aliphatic carbocycles. The van der Waals surface area contributed by atoms with Gasteiger partial charge in [0.1, 0.15) is 0 Å². The number of carboxylic acids is 1. The quantitative estimate of drug-likeness (QED) is 0.592. The third kappa shape index (κ3) is 5.64. The first kappa shape index (κ1) is 25.0. The van der Waals surface area contributed by atoms with E-state index in [1.165, 1.54) is 13.2 Å². The van der Waals surface area contributed by atoms with Crippen molar-refractivity contribution in [2.24, 2.45) is 5.41 Å². The van der Waals surface area contributed by atoms with Gasteiger partial charge in [0.05, 0.1) is 18.4 Å². The zero-order valence-corrected chi connectivity index (χ0v) is 20.7. The SMILES string of the molecule is COc1ccc(-c2cnc(C)c(C(OC(C)(C)C)C(=O)O)c2N2CCC(C)(C)CC2)cc1F. The second-order valence-corrected chi connectivity index (χ2v) is 10.5. The Bertz CT molecular complexity index is 1020. The molecule has 1 aromatic carbocycles. The number of piperidine rings is 1. The van der Waals surface area contributed by atoms with Gasteiger partial charge in [-0.15, -0.1) is 0 Å². The van der Waals surface area contributed by atoms with Gasteiger partial charge < -0.3 is 19.5 Å². The number of aromatic nitrogens is 1. The molecule has 2 heterocycles. The number of carbonyl (C=O) groups is 1. The Balaban J connectivity index is 2.25. The highest BCUT2D eigenvalue weighted by Crippen LogP contribution is 2.43. The Morgan fingerprint density at radius 2 is 1.88 bits per heavy atom. The van der Waals surface area contributed by atoms with Crippen LogP contribution in [0.1, 0.15) is 64.8 Å². The first-order valence-electron chi connectivity index (χ1n) is 11.3. The minimum absolute atomic E-state index is 0.153. The van der Waals surface area contributed by atoms with Crippen molar-refractivity contribution in [3.63, 3.8) is 0 Å². The average molecular weight is 459 g/mol. The molecule has 7 heteroatoms. The molecule has 0 spiro atoms. The largest absolute Gasteiger partial charge is 0.494 e. The summed E-state index contributed by atoms with van der Waals surface area (Å²) in [7, 11) is 1.42. The van der Waals surface area contributed by atoms with Crippen LogP contribution in [0.25, 0.3) is 11.1 Å². The lowest BCUT2D eigenvalue weighted by atomic mass is 9.82. The van der Waals surface area contributed by atoms with Crippen molar-refractivity contribution in [2.75, 3.05) is 25.1 Å². The summed E-state index contributed by atoms with van der Waals surface area (Å²) in [5.74, 6) is -1.41. The third-order valence-electron chi connectivity index (χ3n) is 6.14. The molecule has 3 rings (SSSR count). The van der Waals surface area contributed by atoms with E-state index in [2.05, 4.69) is 23.7 Å². The van der Waals surface area contributed by atoms with Crippen LogP contribution < -0.4 is 9.64 Å². The summed E-state index contributed by atoms with van der Waals surface area (Å²) in [6.07, 6.45) is 2.42. The van der Waals surface area contributed by atoms with E-state index in [1.807, 2.05) is 20.8 Å². The smallest absolute Gasteiger partial charge is 0.337 e. The molecule has 1 aromatic heterocycles. The standard InChI is InChI=1S/C26H35FN2O4/c1-16-21(23(24(30)31)33-25(2,3)4)22(29-12-10-26(5,6)11-13-29)18(15-28-16)17-8-9-20(32-7)19(27)14-17/h8-9,14-15,23H,10-13H2,1-7H3,(H,30,31). The van der Waals surface area contributed by atoms with E-state index in [9.17, 15) is 14.3 Å². The number of aryl methyl sites for hydroxylation is 1. The van der Waals surface area contributed by atoms with Crippen molar-refractivity contribution in [2.45, 2.75) is 66.1 Å². The number of nitrogens with zero attached hydrogens (tertiary/aromatic N) is 2. The van der Waals surface area contributed by atoms with Gasteiger partial charge in [0.2, 0.25) is 0 Å². The van der Waals surface area contributed by atoms with Gasteiger partial charge in [-0.25, -0.2) is 9.18 Å². The topological polar surface area (TPSA) is 71.9 Å². The fourth-order valence-electron chi connectivity index (χ4n) is 4.23. The van der Waals surface area contributed by atoms with Gasteiger partial charge in [-0.1, -0.05) is 19.9 Å². The van der Waals surface area contributed by atoms with E-state index in [-0.39, 0.29) is 11.2 Å². The predicted octanol–water partition coefficient (Wildman–Crippen LogP) is 5.77. The summed E-state index contributed by atoms with van der Waals surface area (Å²) in [5, 5.41) is 10.1. The number of halogens is 1. The number of anilines is 1. The zero-order valence-electron chi connectivity index (χ0n) is 20.7. The lowest BCUT2D eigenvalue weighted by Gasteiger charge is -2.41. The molecule has 6 nitrogen and oxygen atoms in total. The molecule has 1 aliphatic rings. The second kappa shape index (κ2) is 9.29. The second-order valence-electron chi connectivity index (χ2n) is 10.5. The maximum absolute atomic E-state index is 14.6. The summed E-state index contributed by atoms with van der Waals surface area (Å²) < 4.78 is 25.7. The molecule has 2 aromatic rings. The number of pyridine rings is 1. The van der Waals surface area contributed by atoms with E-state index in [4.69, 9.17) is 9.47 Å². The van der Waals surface area contributed by atoms with Gasteiger partial charge >= 0.3 is 5.97 Å². The fourth-order valence-corrected chi connectivity index (χ4v) is 4.23. The molecule has 1 aliphatic heterocycles. The molecule has 33 heavy (non-hydrogen) atoms. The number of rotatable bonds is 6. The van der Waals surface area contributed by atoms with Crippen molar-refractivity contribution in [1.82, 2.24) is 4.98 Å². The normalized spacial score (nSPS) is 17.0. The van der Waals surface area contributed by atoms with Crippen LogP contribution in [0.3, 0.4) is 0 Å². The summed E-state index contributed by atoms with van der Waals surface area (Å²) in [6.45, 7) is 13.3. The van der Waals surface area contributed by atoms with Gasteiger partial charge in [0, 0.05) is 36.1 Å². The van der Waals surface area contributed by atoms with Crippen LogP contribution >= 0.6 is 0 Å². The molecular formula is C26H35FN2O4. The minimum Gasteiger partial charge on any atom is -0.494 e. The van der Waals surface area contributed by atoms with Crippen LogP contribution in [0.2, 0.25) is 0 Å². The van der Waals surface area contributed by atoms with E-state index < -0.39 is 23.5 Å². The van der Waals surface area contributed by atoms with Crippen LogP contribution in [0.15, 0.2) is 24.4 Å². The van der Waals surface area contributed by atoms with Crippen molar-refractivity contribution in [3.05, 3.63) is 41.5 Å². The highest BCUT2D eigenvalue weighted by Gasteiger charge is 2.35. The fraction of sp³-hybridized carbons (Fsp3) is 0.538. The monoisotopic (exact) mass is 458 g/mol. The maximum Gasteiger partial charge on any atom is 0.337 e. The van der Waals surface area contributed by atoms with Gasteiger partial charge in [0.15, 0.2) is 17.7 Å². The Kier molecular flexibility index (Phi) is 7.03. The molecule has 0 bridgehead atoms. The maximum atomic E-state index is 14.6. The van der Waals surface area contributed by atoms with Crippen LogP contribution in [-0.4, -0.2) is 41.9 Å². The van der Waals surface area contributed by atoms with Crippen molar-refractivity contribution >= 4 is 11.7 Å². The molecule has 0 saturated carbocycles. The lowest BCUT2D eigenvalue weighted by molar-refractivity contribution is -0.160. The van der Waals surface area contributed by atoms with E-state index >= 15 is 0 Å². The van der Waals surface area contributed by atoms with E-state index in [0.29, 0.717) is 22.4 Å². The summed E-state index contributed by atoms with van der Waals surface area (Å²) in [4.78, 5) is 19.1. The third-order valence-corrected chi connectivity index (χ3v) is 6.14. The van der Waals surface area contributed by atoms with Crippen LogP contribution in [0.5, 0.6) is 5.75 Å². The van der Waals surface area contributed by atoms with Crippen molar-refractivity contribution in [3.8, 4) is 16.9 Å². The number of aliphatic carboxylic acids is 1. The highest BCUT2D eigenvalue weighted by molar-refractivity contribution is 5.86. The minimum atomic E-state index is -1.20. The number of ether oxygens (including phenoxy) is 2. The predicted molar refractivity (Wildman–Crippen MR) is 127 cm³/mol. The molecular weight excluding hydrogens is 423 g/mol. The molecule has 0 amide bonds. The Morgan fingerprint density at radius 3 is 2.39 bits per heavy atom. The first-order valence-corrected chi connectivity index (χ1v) is 11.3. The van der Waals surface area contributed by atoms with Gasteiger partial charge in [-0.3, -0.25) is 4.98 Å². The van der Waals surface area contributed by atoms with Gasteiger partial charge in [0.25, 0.3) is 0 Å². The molecule has 1 unspecified atom stereocenters. The van der Waals surface area contributed by atoms with Crippen LogP contribution in [0.4, 0.5) is 10.1 Å². The average Bonchev–Trinajstić information content (AvgIpc) is 2.71. The number of methoxy groups -OCH3 is 1. The number of carboxylic acid groups (broad SMARTS) is 1. The molecule has 0 radical (unpaired) electrons. The zero-order chi connectivity index (χ0) is 24.6. The van der Waals surface area contributed by atoms with Gasteiger partial charge in [-0.2, -0.15) is 0 Å². The Morgan fingerprint density at radius 1 is 1.24 bits per heavy atom. The summed E-state index contributed by atoms with van der Waals surface area (Å²) in [5.41, 5.74) is 2.68. The summed E-state index contributed by atoms with van der Waals surface area (Å²) in [6, 6.07) is 4.76. The Hall–Kier alpha value is -2.67. The molecule has 1 N–H and O–H groups in total. The van der Waals surface area contributed by atoms with Crippen LogP contribution in [0, 0.1) is 18.2 Å². The van der Waals surface area contributed by atoms with Crippen molar-refractivity contribution in [1.29, 1.82) is 0 Å². The molecule has 1 fully saturated rings. The first-order chi connectivity index (χ1) is 15.3. The van der Waals surface area contributed by atoms with Gasteiger partial charge in [-0.05, 0) is 63.6 Å². The molecule has 180 valence electrons.